The van der Waals surface area contributed by atoms with Gasteiger partial charge in [-0.1, -0.05) is 17.7 Å². The van der Waals surface area contributed by atoms with Crippen molar-refractivity contribution in [2.24, 2.45) is 5.92 Å². The van der Waals surface area contributed by atoms with Crippen molar-refractivity contribution < 1.29 is 18.8 Å². The summed E-state index contributed by atoms with van der Waals surface area (Å²) in [6.45, 7) is 1.83. The number of imide groups is 1. The van der Waals surface area contributed by atoms with E-state index in [2.05, 4.69) is 10.6 Å². The van der Waals surface area contributed by atoms with E-state index in [1.54, 1.807) is 12.1 Å². The maximum atomic E-state index is 13.1. The van der Waals surface area contributed by atoms with Crippen molar-refractivity contribution in [3.8, 4) is 0 Å². The number of halogens is 1. The Labute approximate surface area is 143 Å². The molecular formula is C18H16FN3O3. The fourth-order valence-electron chi connectivity index (χ4n) is 2.52. The number of carbonyl (C=O) groups is 3. The number of hydrogen-bond donors (Lipinski definition) is 2. The number of nitrogens with zero attached hydrogens (tertiary/aromatic N) is 1. The van der Waals surface area contributed by atoms with Crippen molar-refractivity contribution in [3.63, 3.8) is 0 Å². The normalized spacial score (nSPS) is 17.2. The van der Waals surface area contributed by atoms with Crippen LogP contribution in [0.4, 0.5) is 20.6 Å². The van der Waals surface area contributed by atoms with Crippen molar-refractivity contribution in [2.75, 3.05) is 16.8 Å². The van der Waals surface area contributed by atoms with Gasteiger partial charge in [0.2, 0.25) is 11.8 Å². The summed E-state index contributed by atoms with van der Waals surface area (Å²) in [6.07, 6.45) is 0. The molecule has 0 radical (unpaired) electrons. The van der Waals surface area contributed by atoms with E-state index >= 15 is 0 Å². The van der Waals surface area contributed by atoms with E-state index in [1.807, 2.05) is 19.1 Å². The molecule has 3 rings (SSSR count). The molecule has 2 N–H and O–H groups in total. The molecule has 1 atom stereocenters. The molecule has 7 heteroatoms. The first-order chi connectivity index (χ1) is 12.0. The number of benzene rings is 2. The van der Waals surface area contributed by atoms with Gasteiger partial charge in [0.1, 0.15) is 11.7 Å². The van der Waals surface area contributed by atoms with Crippen LogP contribution in [0.25, 0.3) is 0 Å². The number of aryl methyl sites for hydroxylation is 1. The summed E-state index contributed by atoms with van der Waals surface area (Å²) in [5, 5.41) is 5.18. The van der Waals surface area contributed by atoms with Crippen molar-refractivity contribution in [3.05, 3.63) is 59.9 Å². The lowest BCUT2D eigenvalue weighted by molar-refractivity contribution is -0.130. The van der Waals surface area contributed by atoms with Gasteiger partial charge in [-0.15, -0.1) is 0 Å². The minimum absolute atomic E-state index is 0.0902. The Balaban J connectivity index is 1.79. The van der Waals surface area contributed by atoms with Crippen LogP contribution in [0.5, 0.6) is 0 Å². The number of urea groups is 1. The molecule has 0 aliphatic carbocycles. The predicted octanol–water partition coefficient (Wildman–Crippen LogP) is 2.45. The van der Waals surface area contributed by atoms with Crippen LogP contribution in [-0.2, 0) is 9.59 Å². The third-order valence-electron chi connectivity index (χ3n) is 3.90. The number of amides is 4. The Hall–Kier alpha value is -3.22. The summed E-state index contributed by atoms with van der Waals surface area (Å²) in [7, 11) is 0. The third-order valence-corrected chi connectivity index (χ3v) is 3.90. The van der Waals surface area contributed by atoms with Crippen LogP contribution in [0.3, 0.4) is 0 Å². The van der Waals surface area contributed by atoms with Gasteiger partial charge < -0.3 is 10.6 Å². The van der Waals surface area contributed by atoms with E-state index < -0.39 is 29.6 Å². The highest BCUT2D eigenvalue weighted by Gasteiger charge is 2.39. The number of nitrogens with one attached hydrogen (secondary N) is 2. The number of rotatable bonds is 3. The fraction of sp³-hybridized carbons (Fsp3) is 0.167. The SMILES string of the molecule is Cc1ccc(NC(=O)C2CNC(=O)N(c3ccc(F)cc3)C2=O)cc1. The second kappa shape index (κ2) is 6.72. The Bertz CT molecular complexity index is 818. The average molecular weight is 341 g/mol. The molecule has 0 spiro atoms. The Kier molecular flexibility index (Phi) is 4.47. The highest BCUT2D eigenvalue weighted by Crippen LogP contribution is 2.21. The van der Waals surface area contributed by atoms with E-state index in [4.69, 9.17) is 0 Å². The van der Waals surface area contributed by atoms with Crippen LogP contribution in [0, 0.1) is 18.7 Å². The van der Waals surface area contributed by atoms with Crippen LogP contribution in [0.15, 0.2) is 48.5 Å². The molecule has 1 heterocycles. The number of hydrogen-bond acceptors (Lipinski definition) is 3. The van der Waals surface area contributed by atoms with Gasteiger partial charge >= 0.3 is 6.03 Å². The van der Waals surface area contributed by atoms with Gasteiger partial charge in [-0.05, 0) is 43.3 Å². The van der Waals surface area contributed by atoms with E-state index in [0.29, 0.717) is 5.69 Å². The molecule has 0 aromatic heterocycles. The number of anilines is 2. The number of carbonyl (C=O) groups excluding carboxylic acids is 3. The predicted molar refractivity (Wildman–Crippen MR) is 90.6 cm³/mol. The molecule has 1 unspecified atom stereocenters. The first kappa shape index (κ1) is 16.6. The van der Waals surface area contributed by atoms with Crippen molar-refractivity contribution >= 4 is 29.2 Å². The zero-order valence-electron chi connectivity index (χ0n) is 13.5. The Morgan fingerprint density at radius 2 is 1.76 bits per heavy atom. The van der Waals surface area contributed by atoms with Gasteiger partial charge in [-0.25, -0.2) is 14.1 Å². The highest BCUT2D eigenvalue weighted by atomic mass is 19.1. The van der Waals surface area contributed by atoms with Crippen LogP contribution >= 0.6 is 0 Å². The molecule has 1 saturated heterocycles. The summed E-state index contributed by atoms with van der Waals surface area (Å²) >= 11 is 0. The van der Waals surface area contributed by atoms with Gasteiger partial charge in [-0.2, -0.15) is 0 Å². The van der Waals surface area contributed by atoms with E-state index in [0.717, 1.165) is 22.6 Å². The summed E-state index contributed by atoms with van der Waals surface area (Å²) in [4.78, 5) is 37.9. The van der Waals surface area contributed by atoms with Crippen LogP contribution < -0.4 is 15.5 Å². The van der Waals surface area contributed by atoms with Crippen molar-refractivity contribution in [1.82, 2.24) is 5.32 Å². The second-order valence-electron chi connectivity index (χ2n) is 5.74. The van der Waals surface area contributed by atoms with E-state index in [1.165, 1.54) is 12.1 Å². The maximum Gasteiger partial charge on any atom is 0.328 e. The van der Waals surface area contributed by atoms with Gasteiger partial charge in [-0.3, -0.25) is 9.59 Å². The molecule has 128 valence electrons. The summed E-state index contributed by atoms with van der Waals surface area (Å²) in [6, 6.07) is 11.4. The largest absolute Gasteiger partial charge is 0.336 e. The Morgan fingerprint density at radius 3 is 2.40 bits per heavy atom. The molecule has 4 amide bonds. The zero-order chi connectivity index (χ0) is 18.0. The van der Waals surface area contributed by atoms with E-state index in [9.17, 15) is 18.8 Å². The van der Waals surface area contributed by atoms with Crippen LogP contribution in [0.1, 0.15) is 5.56 Å². The third kappa shape index (κ3) is 3.50. The van der Waals surface area contributed by atoms with Crippen molar-refractivity contribution in [1.29, 1.82) is 0 Å². The minimum Gasteiger partial charge on any atom is -0.336 e. The minimum atomic E-state index is -1.07. The first-order valence-corrected chi connectivity index (χ1v) is 7.70. The molecule has 1 aliphatic heterocycles. The maximum absolute atomic E-state index is 13.1. The highest BCUT2D eigenvalue weighted by molar-refractivity contribution is 6.23. The zero-order valence-corrected chi connectivity index (χ0v) is 13.5. The molecule has 0 bridgehead atoms. The summed E-state index contributed by atoms with van der Waals surface area (Å²) in [5.41, 5.74) is 1.81. The topological polar surface area (TPSA) is 78.5 Å². The molecule has 6 nitrogen and oxygen atoms in total. The van der Waals surface area contributed by atoms with Crippen LogP contribution in [0.2, 0.25) is 0 Å². The average Bonchev–Trinajstić information content (AvgIpc) is 2.58. The quantitative estimate of drug-likeness (QED) is 0.842. The monoisotopic (exact) mass is 341 g/mol. The smallest absolute Gasteiger partial charge is 0.328 e. The first-order valence-electron chi connectivity index (χ1n) is 7.70. The van der Waals surface area contributed by atoms with Gasteiger partial charge in [0.05, 0.1) is 5.69 Å². The van der Waals surface area contributed by atoms with Crippen molar-refractivity contribution in [2.45, 2.75) is 6.92 Å². The van der Waals surface area contributed by atoms with E-state index in [-0.39, 0.29) is 12.2 Å². The lowest BCUT2D eigenvalue weighted by atomic mass is 10.0. The lowest BCUT2D eigenvalue weighted by Crippen LogP contribution is -2.58. The fourth-order valence-corrected chi connectivity index (χ4v) is 2.52. The second-order valence-corrected chi connectivity index (χ2v) is 5.74. The lowest BCUT2D eigenvalue weighted by Gasteiger charge is -2.30. The van der Waals surface area contributed by atoms with Gasteiger partial charge in [0.15, 0.2) is 0 Å². The molecule has 2 aromatic carbocycles. The summed E-state index contributed by atoms with van der Waals surface area (Å²) < 4.78 is 13.1. The molecule has 2 aromatic rings. The molecule has 25 heavy (non-hydrogen) atoms. The molecule has 1 fully saturated rings. The summed E-state index contributed by atoms with van der Waals surface area (Å²) in [5.74, 6) is -2.72. The standard InChI is InChI=1S/C18H16FN3O3/c1-11-2-6-13(7-3-11)21-16(23)15-10-20-18(25)22(17(15)24)14-8-4-12(19)5-9-14/h2-9,15H,10H2,1H3,(H,20,25)(H,21,23). The Morgan fingerprint density at radius 1 is 1.12 bits per heavy atom. The molecular weight excluding hydrogens is 325 g/mol. The van der Waals surface area contributed by atoms with Gasteiger partial charge in [0.25, 0.3) is 0 Å². The molecule has 0 saturated carbocycles. The molecule has 1 aliphatic rings. The van der Waals surface area contributed by atoms with Crippen LogP contribution in [-0.4, -0.2) is 24.4 Å². The van der Waals surface area contributed by atoms with Gasteiger partial charge in [0, 0.05) is 12.2 Å².